The maximum atomic E-state index is 12.7. The minimum Gasteiger partial charge on any atom is -0.258 e. The van der Waals surface area contributed by atoms with Crippen LogP contribution in [0.1, 0.15) is 5.56 Å². The van der Waals surface area contributed by atoms with E-state index in [9.17, 15) is 14.5 Å². The Labute approximate surface area is 78.2 Å². The van der Waals surface area contributed by atoms with Crippen molar-refractivity contribution in [1.82, 2.24) is 0 Å². The van der Waals surface area contributed by atoms with E-state index in [1.165, 1.54) is 0 Å². The van der Waals surface area contributed by atoms with Crippen LogP contribution in [0, 0.1) is 27.3 Å². The van der Waals surface area contributed by atoms with Crippen LogP contribution in [0.25, 0.3) is 0 Å². The van der Waals surface area contributed by atoms with Crippen LogP contribution in [-0.4, -0.2) is 4.92 Å². The number of nitriles is 1. The van der Waals surface area contributed by atoms with Gasteiger partial charge < -0.3 is 0 Å². The van der Waals surface area contributed by atoms with E-state index in [0.29, 0.717) is 0 Å². The summed E-state index contributed by atoms with van der Waals surface area (Å²) in [6.07, 6.45) is 0. The van der Waals surface area contributed by atoms with Crippen molar-refractivity contribution < 1.29 is 9.31 Å². The third-order valence-electron chi connectivity index (χ3n) is 1.37. The fraction of sp³-hybridized carbons (Fsp3) is 0. The van der Waals surface area contributed by atoms with Crippen molar-refractivity contribution in [2.45, 2.75) is 4.90 Å². The molecule has 0 aliphatic carbocycles. The van der Waals surface area contributed by atoms with E-state index in [4.69, 9.17) is 5.26 Å². The van der Waals surface area contributed by atoms with Gasteiger partial charge in [-0.15, -0.1) is 12.6 Å². The second-order valence-electron chi connectivity index (χ2n) is 2.19. The second-order valence-corrected chi connectivity index (χ2v) is 2.64. The molecule has 13 heavy (non-hydrogen) atoms. The molecule has 6 heteroatoms. The molecule has 0 unspecified atom stereocenters. The number of hydrogen-bond donors (Lipinski definition) is 1. The Morgan fingerprint density at radius 2 is 2.23 bits per heavy atom. The van der Waals surface area contributed by atoms with E-state index in [1.807, 2.05) is 0 Å². The third kappa shape index (κ3) is 1.76. The zero-order valence-electron chi connectivity index (χ0n) is 6.19. The first kappa shape index (κ1) is 9.48. The number of halogens is 1. The van der Waals surface area contributed by atoms with Crippen LogP contribution in [-0.2, 0) is 0 Å². The van der Waals surface area contributed by atoms with E-state index in [2.05, 4.69) is 12.6 Å². The predicted molar refractivity (Wildman–Crippen MR) is 45.0 cm³/mol. The van der Waals surface area contributed by atoms with Gasteiger partial charge in [-0.3, -0.25) is 10.1 Å². The van der Waals surface area contributed by atoms with E-state index < -0.39 is 16.4 Å². The first-order valence-electron chi connectivity index (χ1n) is 3.13. The molecule has 0 aliphatic heterocycles. The number of rotatable bonds is 1. The highest BCUT2D eigenvalue weighted by Gasteiger charge is 2.16. The molecule has 0 aromatic heterocycles. The summed E-state index contributed by atoms with van der Waals surface area (Å²) in [5.74, 6) is -0.818. The monoisotopic (exact) mass is 198 g/mol. The summed E-state index contributed by atoms with van der Waals surface area (Å²) in [7, 11) is 0. The molecule has 0 amide bonds. The number of thiol groups is 1. The maximum Gasteiger partial charge on any atom is 0.286 e. The van der Waals surface area contributed by atoms with E-state index in [0.717, 1.165) is 12.1 Å². The molecule has 0 atom stereocenters. The molecule has 4 nitrogen and oxygen atoms in total. The van der Waals surface area contributed by atoms with Gasteiger partial charge in [0, 0.05) is 0 Å². The lowest BCUT2D eigenvalue weighted by Gasteiger charge is -1.97. The van der Waals surface area contributed by atoms with Crippen LogP contribution in [0.15, 0.2) is 17.0 Å². The van der Waals surface area contributed by atoms with Crippen molar-refractivity contribution in [2.75, 3.05) is 0 Å². The standard InChI is InChI=1S/C7H3FN2O2S/c8-5-1-4(3-9)7(13)6(2-5)10(11)12/h1-2,13H. The average molecular weight is 198 g/mol. The van der Waals surface area contributed by atoms with Crippen LogP contribution in [0.2, 0.25) is 0 Å². The molecule has 1 rings (SSSR count). The van der Waals surface area contributed by atoms with Gasteiger partial charge in [0.2, 0.25) is 0 Å². The van der Waals surface area contributed by atoms with E-state index in [-0.39, 0.29) is 10.5 Å². The van der Waals surface area contributed by atoms with Crippen molar-refractivity contribution in [1.29, 1.82) is 5.26 Å². The predicted octanol–water partition coefficient (Wildman–Crippen LogP) is 1.89. The van der Waals surface area contributed by atoms with Gasteiger partial charge in [-0.25, -0.2) is 4.39 Å². The van der Waals surface area contributed by atoms with Crippen molar-refractivity contribution >= 4 is 18.3 Å². The van der Waals surface area contributed by atoms with Gasteiger partial charge in [0.15, 0.2) is 0 Å². The minimum absolute atomic E-state index is 0.117. The van der Waals surface area contributed by atoms with Crippen LogP contribution < -0.4 is 0 Å². The zero-order chi connectivity index (χ0) is 10.0. The lowest BCUT2D eigenvalue weighted by Crippen LogP contribution is -1.93. The van der Waals surface area contributed by atoms with Crippen molar-refractivity contribution in [3.63, 3.8) is 0 Å². The topological polar surface area (TPSA) is 66.9 Å². The molecule has 1 aromatic rings. The fourth-order valence-corrected chi connectivity index (χ4v) is 1.07. The van der Waals surface area contributed by atoms with Crippen LogP contribution in [0.5, 0.6) is 0 Å². The molecule has 66 valence electrons. The number of hydrogen-bond acceptors (Lipinski definition) is 4. The molecule has 0 radical (unpaired) electrons. The lowest BCUT2D eigenvalue weighted by molar-refractivity contribution is -0.387. The van der Waals surface area contributed by atoms with Crippen molar-refractivity contribution in [3.05, 3.63) is 33.6 Å². The van der Waals surface area contributed by atoms with E-state index in [1.54, 1.807) is 6.07 Å². The molecule has 1 aromatic carbocycles. The van der Waals surface area contributed by atoms with Crippen molar-refractivity contribution in [2.24, 2.45) is 0 Å². The largest absolute Gasteiger partial charge is 0.286 e. The molecule has 0 saturated carbocycles. The van der Waals surface area contributed by atoms with Gasteiger partial charge in [0.25, 0.3) is 5.69 Å². The Morgan fingerprint density at radius 1 is 1.62 bits per heavy atom. The Bertz CT molecular complexity index is 414. The summed E-state index contributed by atoms with van der Waals surface area (Å²) < 4.78 is 12.7. The van der Waals surface area contributed by atoms with Gasteiger partial charge in [0.05, 0.1) is 16.6 Å². The Hall–Kier alpha value is -1.61. The molecule has 0 spiro atoms. The third-order valence-corrected chi connectivity index (χ3v) is 1.84. The molecule has 0 bridgehead atoms. The van der Waals surface area contributed by atoms with Crippen molar-refractivity contribution in [3.8, 4) is 6.07 Å². The summed E-state index contributed by atoms with van der Waals surface area (Å²) in [4.78, 5) is 9.42. The molecule has 0 heterocycles. The molecule has 0 fully saturated rings. The Balaban J connectivity index is 3.47. The van der Waals surface area contributed by atoms with Crippen LogP contribution in [0.4, 0.5) is 10.1 Å². The summed E-state index contributed by atoms with van der Waals surface area (Å²) in [6, 6.07) is 3.23. The van der Waals surface area contributed by atoms with Crippen LogP contribution >= 0.6 is 12.6 Å². The summed E-state index contributed by atoms with van der Waals surface area (Å²) >= 11 is 3.75. The quantitative estimate of drug-likeness (QED) is 0.425. The average Bonchev–Trinajstić information content (AvgIpc) is 2.08. The molecule has 0 aliphatic rings. The molecule has 0 N–H and O–H groups in total. The number of nitrogens with zero attached hydrogens (tertiary/aromatic N) is 2. The summed E-state index contributed by atoms with van der Waals surface area (Å²) in [5.41, 5.74) is -0.644. The molecular formula is C7H3FN2O2S. The Kier molecular flexibility index (Phi) is 2.49. The Morgan fingerprint density at radius 3 is 2.69 bits per heavy atom. The van der Waals surface area contributed by atoms with Gasteiger partial charge >= 0.3 is 0 Å². The van der Waals surface area contributed by atoms with E-state index >= 15 is 0 Å². The SMILES string of the molecule is N#Cc1cc(F)cc([N+](=O)[O-])c1S. The zero-order valence-corrected chi connectivity index (χ0v) is 7.09. The molecular weight excluding hydrogens is 195 g/mol. The smallest absolute Gasteiger partial charge is 0.258 e. The lowest BCUT2D eigenvalue weighted by atomic mass is 10.2. The van der Waals surface area contributed by atoms with Crippen LogP contribution in [0.3, 0.4) is 0 Å². The highest BCUT2D eigenvalue weighted by atomic mass is 32.1. The van der Waals surface area contributed by atoms with Gasteiger partial charge in [-0.1, -0.05) is 0 Å². The maximum absolute atomic E-state index is 12.7. The summed E-state index contributed by atoms with van der Waals surface area (Å²) in [6.45, 7) is 0. The highest BCUT2D eigenvalue weighted by molar-refractivity contribution is 7.80. The first-order chi connectivity index (χ1) is 6.06. The van der Waals surface area contributed by atoms with Gasteiger partial charge in [0.1, 0.15) is 16.8 Å². The second kappa shape index (κ2) is 3.41. The molecule has 0 saturated heterocycles. The number of benzene rings is 1. The van der Waals surface area contributed by atoms with Gasteiger partial charge in [-0.05, 0) is 6.07 Å². The minimum atomic E-state index is -0.818. The highest BCUT2D eigenvalue weighted by Crippen LogP contribution is 2.26. The summed E-state index contributed by atoms with van der Waals surface area (Å²) in [5, 5.41) is 18.8. The van der Waals surface area contributed by atoms with Gasteiger partial charge in [-0.2, -0.15) is 5.26 Å². The first-order valence-corrected chi connectivity index (χ1v) is 3.58. The number of nitro benzene ring substituents is 1. The number of nitro groups is 1. The fourth-order valence-electron chi connectivity index (χ4n) is 0.809. The normalized spacial score (nSPS) is 9.31.